The molecule has 16 heavy (non-hydrogen) atoms. The van der Waals surface area contributed by atoms with Gasteiger partial charge in [-0.1, -0.05) is 12.7 Å². The molecule has 1 aliphatic carbocycles. The molecule has 0 spiro atoms. The lowest BCUT2D eigenvalue weighted by Gasteiger charge is -2.26. The average Bonchev–Trinajstić information content (AvgIpc) is 2.54. The van der Waals surface area contributed by atoms with E-state index in [1.54, 1.807) is 0 Å². The van der Waals surface area contributed by atoms with Crippen molar-refractivity contribution in [2.24, 2.45) is 23.3 Å². The van der Waals surface area contributed by atoms with Crippen LogP contribution in [0.2, 0.25) is 6.32 Å². The zero-order valence-electron chi connectivity index (χ0n) is 10.1. The van der Waals surface area contributed by atoms with E-state index in [0.29, 0.717) is 18.9 Å². The maximum Gasteiger partial charge on any atom is 0.323 e. The topological polar surface area (TPSA) is 89.3 Å². The summed E-state index contributed by atoms with van der Waals surface area (Å²) in [7, 11) is 2.12. The quantitative estimate of drug-likeness (QED) is 0.555. The summed E-state index contributed by atoms with van der Waals surface area (Å²) in [6, 6.07) is 0. The van der Waals surface area contributed by atoms with Crippen molar-refractivity contribution in [2.75, 3.05) is 6.54 Å². The molecule has 0 bridgehead atoms. The van der Waals surface area contributed by atoms with Crippen LogP contribution in [0.3, 0.4) is 0 Å². The van der Waals surface area contributed by atoms with Gasteiger partial charge in [-0.2, -0.15) is 0 Å². The molecule has 0 unspecified atom stereocenters. The lowest BCUT2D eigenvalue weighted by molar-refractivity contribution is -0.145. The molecule has 1 aliphatic rings. The number of nitrogens with two attached hydrogens (primary N) is 2. The fourth-order valence-corrected chi connectivity index (χ4v) is 2.88. The second-order valence-corrected chi connectivity index (χ2v) is 5.07. The van der Waals surface area contributed by atoms with Crippen LogP contribution in [0.15, 0.2) is 0 Å². The number of carboxylic acid groups (broad SMARTS) is 1. The third-order valence-corrected chi connectivity index (χ3v) is 3.85. The summed E-state index contributed by atoms with van der Waals surface area (Å²) in [6.07, 6.45) is 5.50. The van der Waals surface area contributed by atoms with Crippen LogP contribution in [0, 0.1) is 11.8 Å². The summed E-state index contributed by atoms with van der Waals surface area (Å²) in [5.74, 6) is -0.317. The van der Waals surface area contributed by atoms with Gasteiger partial charge in [-0.25, -0.2) is 0 Å². The average molecular weight is 226 g/mol. The molecule has 1 saturated carbocycles. The third kappa shape index (κ3) is 2.77. The number of hydrogen-bond donors (Lipinski definition) is 3. The maximum atomic E-state index is 11.3. The van der Waals surface area contributed by atoms with Gasteiger partial charge in [0.15, 0.2) is 0 Å². The van der Waals surface area contributed by atoms with Crippen molar-refractivity contribution in [1.29, 1.82) is 0 Å². The van der Waals surface area contributed by atoms with Gasteiger partial charge in [-0.3, -0.25) is 4.79 Å². The highest BCUT2D eigenvalue weighted by molar-refractivity contribution is 6.08. The Hall–Kier alpha value is -0.545. The van der Waals surface area contributed by atoms with Gasteiger partial charge in [0.05, 0.1) is 0 Å². The highest BCUT2D eigenvalue weighted by Crippen LogP contribution is 2.42. The first-order valence-corrected chi connectivity index (χ1v) is 6.27. The Balaban J connectivity index is 2.67. The zero-order chi connectivity index (χ0) is 12.2. The van der Waals surface area contributed by atoms with Gasteiger partial charge in [0, 0.05) is 0 Å². The molecule has 0 aromatic heterocycles. The van der Waals surface area contributed by atoms with E-state index in [1.807, 2.05) is 0 Å². The van der Waals surface area contributed by atoms with Crippen molar-refractivity contribution < 1.29 is 9.90 Å². The molecule has 0 saturated heterocycles. The number of hydrogen-bond acceptors (Lipinski definition) is 3. The molecule has 92 valence electrons. The van der Waals surface area contributed by atoms with Crippen molar-refractivity contribution in [2.45, 2.75) is 44.0 Å². The second-order valence-electron chi connectivity index (χ2n) is 5.07. The zero-order valence-corrected chi connectivity index (χ0v) is 10.1. The molecule has 1 rings (SSSR count). The van der Waals surface area contributed by atoms with Crippen LogP contribution >= 0.6 is 0 Å². The Kier molecular flexibility index (Phi) is 4.80. The molecule has 0 heterocycles. The van der Waals surface area contributed by atoms with Gasteiger partial charge in [0.2, 0.25) is 0 Å². The van der Waals surface area contributed by atoms with Gasteiger partial charge < -0.3 is 16.6 Å². The van der Waals surface area contributed by atoms with Gasteiger partial charge in [-0.05, 0) is 44.1 Å². The molecular weight excluding hydrogens is 203 g/mol. The van der Waals surface area contributed by atoms with Crippen LogP contribution in [0.5, 0.6) is 0 Å². The van der Waals surface area contributed by atoms with E-state index >= 15 is 0 Å². The van der Waals surface area contributed by atoms with Gasteiger partial charge in [0.25, 0.3) is 0 Å². The molecule has 5 heteroatoms. The fourth-order valence-electron chi connectivity index (χ4n) is 2.88. The number of aliphatic carboxylic acids is 1. The van der Waals surface area contributed by atoms with Crippen LogP contribution in [-0.2, 0) is 4.79 Å². The minimum Gasteiger partial charge on any atom is -0.480 e. The first-order chi connectivity index (χ1) is 7.54. The van der Waals surface area contributed by atoms with E-state index in [2.05, 4.69) is 7.85 Å². The lowest BCUT2D eigenvalue weighted by atomic mass is 9.83. The standard InChI is InChI=1S/C11H23BN2O2/c12-4-1-2-9-6-8(3-5-13)7-11(9,14)10(15)16/h8-9H,1-7,12-14H2,(H,15,16)/t8-,9-,11-/m0/s1. The summed E-state index contributed by atoms with van der Waals surface area (Å²) in [5.41, 5.74) is 10.6. The summed E-state index contributed by atoms with van der Waals surface area (Å²) in [6.45, 7) is 0.626. The van der Waals surface area contributed by atoms with Crippen LogP contribution < -0.4 is 11.5 Å². The van der Waals surface area contributed by atoms with Crippen LogP contribution in [0.1, 0.15) is 32.1 Å². The van der Waals surface area contributed by atoms with Crippen molar-refractivity contribution in [3.63, 3.8) is 0 Å². The summed E-state index contributed by atoms with van der Waals surface area (Å²) < 4.78 is 0. The summed E-state index contributed by atoms with van der Waals surface area (Å²) >= 11 is 0. The minimum absolute atomic E-state index is 0.126. The Morgan fingerprint density at radius 2 is 2.19 bits per heavy atom. The molecule has 0 aromatic carbocycles. The molecule has 0 aromatic rings. The Morgan fingerprint density at radius 3 is 2.69 bits per heavy atom. The van der Waals surface area contributed by atoms with Gasteiger partial charge >= 0.3 is 5.97 Å². The van der Waals surface area contributed by atoms with Gasteiger partial charge in [0.1, 0.15) is 13.4 Å². The van der Waals surface area contributed by atoms with E-state index in [-0.39, 0.29) is 5.92 Å². The van der Waals surface area contributed by atoms with Crippen LogP contribution in [0.25, 0.3) is 0 Å². The monoisotopic (exact) mass is 226 g/mol. The van der Waals surface area contributed by atoms with Crippen molar-refractivity contribution in [3.8, 4) is 0 Å². The largest absolute Gasteiger partial charge is 0.480 e. The lowest BCUT2D eigenvalue weighted by Crippen LogP contribution is -2.51. The predicted molar refractivity (Wildman–Crippen MR) is 67.0 cm³/mol. The second kappa shape index (κ2) is 5.68. The van der Waals surface area contributed by atoms with Crippen molar-refractivity contribution in [1.82, 2.24) is 0 Å². The van der Waals surface area contributed by atoms with Crippen molar-refractivity contribution >= 4 is 13.8 Å². The van der Waals surface area contributed by atoms with E-state index in [0.717, 1.165) is 32.0 Å². The molecule has 4 nitrogen and oxygen atoms in total. The Labute approximate surface area is 98.2 Å². The van der Waals surface area contributed by atoms with E-state index in [1.165, 1.54) is 0 Å². The molecule has 3 atom stereocenters. The Bertz CT molecular complexity index is 250. The van der Waals surface area contributed by atoms with Crippen molar-refractivity contribution in [3.05, 3.63) is 0 Å². The SMILES string of the molecule is BCCC[C@H]1C[C@H](CCN)C[C@@]1(N)C(=O)O. The summed E-state index contributed by atoms with van der Waals surface area (Å²) in [5, 5.41) is 9.27. The molecule has 0 aliphatic heterocycles. The highest BCUT2D eigenvalue weighted by Gasteiger charge is 2.49. The molecule has 1 fully saturated rings. The highest BCUT2D eigenvalue weighted by atomic mass is 16.4. The fraction of sp³-hybridized carbons (Fsp3) is 0.909. The van der Waals surface area contributed by atoms with E-state index in [4.69, 9.17) is 11.5 Å². The van der Waals surface area contributed by atoms with Crippen LogP contribution in [-0.4, -0.2) is 31.0 Å². The molecular formula is C11H23BN2O2. The molecule has 0 radical (unpaired) electrons. The molecule has 0 amide bonds. The number of carboxylic acids is 1. The Morgan fingerprint density at radius 1 is 1.50 bits per heavy atom. The number of carbonyl (C=O) groups is 1. The predicted octanol–water partition coefficient (Wildman–Crippen LogP) is -0.0249. The number of rotatable bonds is 6. The molecule has 5 N–H and O–H groups in total. The smallest absolute Gasteiger partial charge is 0.323 e. The normalized spacial score (nSPS) is 34.1. The third-order valence-electron chi connectivity index (χ3n) is 3.85. The van der Waals surface area contributed by atoms with E-state index in [9.17, 15) is 9.90 Å². The first kappa shape index (κ1) is 13.5. The minimum atomic E-state index is -1.00. The first-order valence-electron chi connectivity index (χ1n) is 6.27. The van der Waals surface area contributed by atoms with E-state index < -0.39 is 11.5 Å². The van der Waals surface area contributed by atoms with Crippen LogP contribution in [0.4, 0.5) is 0 Å². The summed E-state index contributed by atoms with van der Waals surface area (Å²) in [4.78, 5) is 11.3. The maximum absolute atomic E-state index is 11.3. The van der Waals surface area contributed by atoms with Gasteiger partial charge in [-0.15, -0.1) is 0 Å².